The van der Waals surface area contributed by atoms with Crippen molar-refractivity contribution in [3.05, 3.63) is 52.3 Å². The zero-order chi connectivity index (χ0) is 18.8. The van der Waals surface area contributed by atoms with Crippen LogP contribution in [0.25, 0.3) is 11.0 Å². The number of rotatable bonds is 5. The SMILES string of the molecule is CCc1cccc(NC(=O)CCc2c(C)nc3c(c(C)nn3C)c2C)c1. The Bertz CT molecular complexity index is 972. The summed E-state index contributed by atoms with van der Waals surface area (Å²) in [6, 6.07) is 8.01. The summed E-state index contributed by atoms with van der Waals surface area (Å²) in [7, 11) is 1.92. The summed E-state index contributed by atoms with van der Waals surface area (Å²) in [5.74, 6) is 0.0278. The quantitative estimate of drug-likeness (QED) is 0.756. The normalized spacial score (nSPS) is 11.1. The molecule has 0 aliphatic rings. The van der Waals surface area contributed by atoms with E-state index in [1.807, 2.05) is 43.8 Å². The minimum absolute atomic E-state index is 0.0278. The molecular weight excluding hydrogens is 324 g/mol. The number of aromatic nitrogens is 3. The van der Waals surface area contributed by atoms with Crippen molar-refractivity contribution in [3.63, 3.8) is 0 Å². The molecule has 5 nitrogen and oxygen atoms in total. The maximum atomic E-state index is 12.4. The van der Waals surface area contributed by atoms with Gasteiger partial charge in [-0.2, -0.15) is 5.10 Å². The molecule has 0 saturated carbocycles. The van der Waals surface area contributed by atoms with E-state index in [2.05, 4.69) is 30.3 Å². The van der Waals surface area contributed by atoms with Crippen molar-refractivity contribution in [2.75, 3.05) is 5.32 Å². The number of hydrogen-bond donors (Lipinski definition) is 1. The van der Waals surface area contributed by atoms with E-state index in [-0.39, 0.29) is 5.91 Å². The molecule has 1 aromatic carbocycles. The first-order valence-corrected chi connectivity index (χ1v) is 9.08. The molecule has 0 aliphatic heterocycles. The van der Waals surface area contributed by atoms with Crippen molar-refractivity contribution in [1.82, 2.24) is 14.8 Å². The van der Waals surface area contributed by atoms with Gasteiger partial charge in [0.05, 0.1) is 5.69 Å². The van der Waals surface area contributed by atoms with Crippen LogP contribution in [0.1, 0.15) is 41.4 Å². The molecule has 0 atom stereocenters. The minimum Gasteiger partial charge on any atom is -0.326 e. The molecular formula is C21H26N4O. The highest BCUT2D eigenvalue weighted by atomic mass is 16.1. The average molecular weight is 350 g/mol. The summed E-state index contributed by atoms with van der Waals surface area (Å²) in [5, 5.41) is 8.58. The summed E-state index contributed by atoms with van der Waals surface area (Å²) in [6.45, 7) is 8.22. The van der Waals surface area contributed by atoms with Gasteiger partial charge in [-0.05, 0) is 62.4 Å². The number of nitrogens with one attached hydrogen (secondary N) is 1. The Morgan fingerprint density at radius 3 is 2.69 bits per heavy atom. The molecule has 0 spiro atoms. The van der Waals surface area contributed by atoms with Crippen molar-refractivity contribution >= 4 is 22.6 Å². The third kappa shape index (κ3) is 3.47. The fourth-order valence-corrected chi connectivity index (χ4v) is 3.56. The third-order valence-electron chi connectivity index (χ3n) is 4.95. The van der Waals surface area contributed by atoms with Gasteiger partial charge in [-0.25, -0.2) is 4.98 Å². The van der Waals surface area contributed by atoms with Gasteiger partial charge in [0.2, 0.25) is 5.91 Å². The first kappa shape index (κ1) is 18.1. The fourth-order valence-electron chi connectivity index (χ4n) is 3.56. The molecule has 0 saturated heterocycles. The molecule has 2 aromatic heterocycles. The third-order valence-corrected chi connectivity index (χ3v) is 4.95. The van der Waals surface area contributed by atoms with Crippen LogP contribution in [-0.4, -0.2) is 20.7 Å². The minimum atomic E-state index is 0.0278. The monoisotopic (exact) mass is 350 g/mol. The Morgan fingerprint density at radius 2 is 1.96 bits per heavy atom. The number of hydrogen-bond acceptors (Lipinski definition) is 3. The Labute approximate surface area is 154 Å². The van der Waals surface area contributed by atoms with Gasteiger partial charge < -0.3 is 5.32 Å². The van der Waals surface area contributed by atoms with Gasteiger partial charge >= 0.3 is 0 Å². The zero-order valence-electron chi connectivity index (χ0n) is 16.2. The van der Waals surface area contributed by atoms with E-state index < -0.39 is 0 Å². The summed E-state index contributed by atoms with van der Waals surface area (Å²) in [6.07, 6.45) is 2.07. The lowest BCUT2D eigenvalue weighted by Crippen LogP contribution is -2.13. The summed E-state index contributed by atoms with van der Waals surface area (Å²) < 4.78 is 1.82. The van der Waals surface area contributed by atoms with Gasteiger partial charge in [-0.3, -0.25) is 9.48 Å². The van der Waals surface area contributed by atoms with Crippen LogP contribution in [0.2, 0.25) is 0 Å². The van der Waals surface area contributed by atoms with Crippen LogP contribution in [0.4, 0.5) is 5.69 Å². The van der Waals surface area contributed by atoms with Gasteiger partial charge in [0, 0.05) is 30.2 Å². The second-order valence-electron chi connectivity index (χ2n) is 6.81. The maximum Gasteiger partial charge on any atom is 0.224 e. The smallest absolute Gasteiger partial charge is 0.224 e. The van der Waals surface area contributed by atoms with Crippen LogP contribution < -0.4 is 5.32 Å². The summed E-state index contributed by atoms with van der Waals surface area (Å²) in [5.41, 5.74) is 7.26. The molecule has 136 valence electrons. The summed E-state index contributed by atoms with van der Waals surface area (Å²) >= 11 is 0. The second kappa shape index (κ2) is 7.28. The molecule has 1 amide bonds. The molecule has 3 rings (SSSR count). The Balaban J connectivity index is 1.77. The number of anilines is 1. The largest absolute Gasteiger partial charge is 0.326 e. The predicted molar refractivity (Wildman–Crippen MR) is 105 cm³/mol. The van der Waals surface area contributed by atoms with Crippen molar-refractivity contribution in [1.29, 1.82) is 0 Å². The Kier molecular flexibility index (Phi) is 5.07. The lowest BCUT2D eigenvalue weighted by atomic mass is 9.99. The van der Waals surface area contributed by atoms with Crippen LogP contribution in [0, 0.1) is 20.8 Å². The Morgan fingerprint density at radius 1 is 1.19 bits per heavy atom. The number of fused-ring (bicyclic) bond motifs is 1. The van der Waals surface area contributed by atoms with Crippen molar-refractivity contribution in [2.24, 2.45) is 7.05 Å². The van der Waals surface area contributed by atoms with E-state index in [0.29, 0.717) is 12.8 Å². The van der Waals surface area contributed by atoms with E-state index >= 15 is 0 Å². The van der Waals surface area contributed by atoms with Gasteiger partial charge in [0.1, 0.15) is 0 Å². The van der Waals surface area contributed by atoms with Crippen LogP contribution in [0.3, 0.4) is 0 Å². The van der Waals surface area contributed by atoms with Gasteiger partial charge in [-0.1, -0.05) is 19.1 Å². The molecule has 0 bridgehead atoms. The number of carbonyl (C=O) groups is 1. The number of carbonyl (C=O) groups excluding carboxylic acids is 1. The van der Waals surface area contributed by atoms with Gasteiger partial charge in [-0.15, -0.1) is 0 Å². The van der Waals surface area contributed by atoms with Crippen molar-refractivity contribution in [2.45, 2.75) is 47.0 Å². The van der Waals surface area contributed by atoms with Crippen LogP contribution in [0.5, 0.6) is 0 Å². The lowest BCUT2D eigenvalue weighted by molar-refractivity contribution is -0.116. The van der Waals surface area contributed by atoms with E-state index in [4.69, 9.17) is 4.98 Å². The van der Waals surface area contributed by atoms with Gasteiger partial charge in [0.15, 0.2) is 5.65 Å². The maximum absolute atomic E-state index is 12.4. The molecule has 26 heavy (non-hydrogen) atoms. The predicted octanol–water partition coefficient (Wildman–Crippen LogP) is 4.03. The average Bonchev–Trinajstić information content (AvgIpc) is 2.88. The zero-order valence-corrected chi connectivity index (χ0v) is 16.2. The molecule has 0 aliphatic carbocycles. The van der Waals surface area contributed by atoms with Crippen molar-refractivity contribution < 1.29 is 4.79 Å². The standard InChI is InChI=1S/C21H26N4O/c1-6-16-8-7-9-17(12-16)23-19(26)11-10-18-13(2)20-15(4)24-25(5)21(20)22-14(18)3/h7-9,12H,6,10-11H2,1-5H3,(H,23,26). The molecule has 5 heteroatoms. The lowest BCUT2D eigenvalue weighted by Gasteiger charge is -2.12. The fraction of sp³-hybridized carbons (Fsp3) is 0.381. The highest BCUT2D eigenvalue weighted by molar-refractivity contribution is 5.91. The first-order chi connectivity index (χ1) is 12.4. The van der Waals surface area contributed by atoms with Crippen LogP contribution in [0.15, 0.2) is 24.3 Å². The van der Waals surface area contributed by atoms with Crippen molar-refractivity contribution in [3.8, 4) is 0 Å². The van der Waals surface area contributed by atoms with Crippen LogP contribution >= 0.6 is 0 Å². The molecule has 0 fully saturated rings. The second-order valence-corrected chi connectivity index (χ2v) is 6.81. The first-order valence-electron chi connectivity index (χ1n) is 9.08. The Hall–Kier alpha value is -2.69. The molecule has 3 aromatic rings. The number of benzene rings is 1. The highest BCUT2D eigenvalue weighted by Gasteiger charge is 2.16. The van der Waals surface area contributed by atoms with Crippen LogP contribution in [-0.2, 0) is 24.7 Å². The van der Waals surface area contributed by atoms with E-state index in [1.165, 1.54) is 11.1 Å². The number of pyridine rings is 1. The molecule has 0 radical (unpaired) electrons. The highest BCUT2D eigenvalue weighted by Crippen LogP contribution is 2.26. The van der Waals surface area contributed by atoms with E-state index in [9.17, 15) is 4.79 Å². The topological polar surface area (TPSA) is 59.8 Å². The number of amides is 1. The van der Waals surface area contributed by atoms with Gasteiger partial charge in [0.25, 0.3) is 0 Å². The van der Waals surface area contributed by atoms with E-state index in [0.717, 1.165) is 40.1 Å². The molecule has 0 unspecified atom stereocenters. The molecule has 1 N–H and O–H groups in total. The molecule has 2 heterocycles. The summed E-state index contributed by atoms with van der Waals surface area (Å²) in [4.78, 5) is 17.1. The van der Waals surface area contributed by atoms with E-state index in [1.54, 1.807) is 0 Å². The number of nitrogens with zero attached hydrogens (tertiary/aromatic N) is 3. The number of aryl methyl sites for hydroxylation is 5.